The molecule has 5 rings (SSSR count). The topological polar surface area (TPSA) is 149 Å². The van der Waals surface area contributed by atoms with Gasteiger partial charge in [-0.05, 0) is 70.6 Å². The van der Waals surface area contributed by atoms with Crippen molar-refractivity contribution in [2.75, 3.05) is 13.1 Å². The normalized spacial score (nSPS) is 29.0. The summed E-state index contributed by atoms with van der Waals surface area (Å²) in [5.41, 5.74) is 5.93. The van der Waals surface area contributed by atoms with Crippen molar-refractivity contribution in [2.24, 2.45) is 11.7 Å². The van der Waals surface area contributed by atoms with Crippen molar-refractivity contribution in [1.82, 2.24) is 20.0 Å². The van der Waals surface area contributed by atoms with E-state index in [0.29, 0.717) is 30.9 Å². The van der Waals surface area contributed by atoms with Crippen LogP contribution in [0.25, 0.3) is 0 Å². The summed E-state index contributed by atoms with van der Waals surface area (Å²) in [5, 5.41) is 12.4. The van der Waals surface area contributed by atoms with Crippen LogP contribution in [0.5, 0.6) is 0 Å². The molecule has 1 saturated carbocycles. The molecule has 0 aromatic heterocycles. The van der Waals surface area contributed by atoms with Crippen molar-refractivity contribution in [2.45, 2.75) is 88.8 Å². The Morgan fingerprint density at radius 3 is 2.46 bits per heavy atom. The van der Waals surface area contributed by atoms with E-state index in [2.05, 4.69) is 11.4 Å². The van der Waals surface area contributed by atoms with Gasteiger partial charge in [0.2, 0.25) is 17.7 Å². The van der Waals surface area contributed by atoms with Crippen molar-refractivity contribution in [3.63, 3.8) is 0 Å². The summed E-state index contributed by atoms with van der Waals surface area (Å²) in [7, 11) is 0. The molecule has 1 aromatic carbocycles. The number of nitrogens with zero attached hydrogens (tertiary/aromatic N) is 4. The summed E-state index contributed by atoms with van der Waals surface area (Å²) in [6, 6.07) is 7.15. The average Bonchev–Trinajstić information content (AvgIpc) is 3.18. The van der Waals surface area contributed by atoms with Crippen molar-refractivity contribution in [1.29, 1.82) is 5.26 Å². The highest BCUT2D eigenvalue weighted by Gasteiger charge is 2.56. The number of rotatable bonds is 7. The number of likely N-dealkylation sites (tertiary alicyclic amines) is 3. The van der Waals surface area contributed by atoms with Crippen LogP contribution in [-0.2, 0) is 14.3 Å². The molecular formula is C28H36N6O5. The number of hydrogen-bond donors (Lipinski definition) is 2. The first-order valence-electron chi connectivity index (χ1n) is 13.5. The first-order chi connectivity index (χ1) is 18.4. The highest BCUT2D eigenvalue weighted by molar-refractivity contribution is 5.93. The average molecular weight is 537 g/mol. The zero-order valence-corrected chi connectivity index (χ0v) is 22.8. The van der Waals surface area contributed by atoms with Gasteiger partial charge in [-0.1, -0.05) is 12.1 Å². The van der Waals surface area contributed by atoms with Gasteiger partial charge in [-0.2, -0.15) is 5.26 Å². The standard InChI is InChI=1S/C28H36N6O5/c1-15(16-5-7-17(8-6-16)24(30)35)33-20-11-23(26(33)37)32(13-20)14-21(31-27(38)39-28(2,3)4)25(36)34-19(12-29)9-18-10-22(18)34/h5-8,15,18-23H,9-11,13-14H2,1-4H3,(H2,30,35)(H,31,38)/t15-,18-,19+,20-,21+,22+,23-/m1/s1. The van der Waals surface area contributed by atoms with Crippen LogP contribution in [0.4, 0.5) is 4.79 Å². The van der Waals surface area contributed by atoms with Crippen LogP contribution in [0.15, 0.2) is 24.3 Å². The summed E-state index contributed by atoms with van der Waals surface area (Å²) >= 11 is 0. The summed E-state index contributed by atoms with van der Waals surface area (Å²) in [6.07, 6.45) is 1.46. The number of nitrogens with two attached hydrogens (primary N) is 1. The maximum Gasteiger partial charge on any atom is 0.408 e. The number of piperazine rings is 1. The Balaban J connectivity index is 1.30. The van der Waals surface area contributed by atoms with E-state index in [9.17, 15) is 24.4 Å². The van der Waals surface area contributed by atoms with E-state index in [1.807, 2.05) is 28.9 Å². The first kappa shape index (κ1) is 26.9. The molecule has 39 heavy (non-hydrogen) atoms. The molecule has 0 unspecified atom stereocenters. The molecule has 11 heteroatoms. The largest absolute Gasteiger partial charge is 0.444 e. The van der Waals surface area contributed by atoms with E-state index in [4.69, 9.17) is 10.5 Å². The van der Waals surface area contributed by atoms with E-state index >= 15 is 0 Å². The van der Waals surface area contributed by atoms with E-state index < -0.39 is 35.7 Å². The minimum Gasteiger partial charge on any atom is -0.444 e. The Kier molecular flexibility index (Phi) is 6.79. The van der Waals surface area contributed by atoms with Gasteiger partial charge in [0, 0.05) is 30.7 Å². The van der Waals surface area contributed by atoms with Crippen LogP contribution in [0, 0.1) is 17.2 Å². The molecule has 1 aromatic rings. The minimum absolute atomic E-state index is 0.0282. The molecule has 7 atom stereocenters. The number of carbonyl (C=O) groups is 4. The number of fused-ring (bicyclic) bond motifs is 3. The molecule has 208 valence electrons. The van der Waals surface area contributed by atoms with Crippen molar-refractivity contribution < 1.29 is 23.9 Å². The first-order valence-corrected chi connectivity index (χ1v) is 13.5. The summed E-state index contributed by atoms with van der Waals surface area (Å²) < 4.78 is 5.43. The van der Waals surface area contributed by atoms with Crippen LogP contribution >= 0.6 is 0 Å². The quantitative estimate of drug-likeness (QED) is 0.537. The maximum atomic E-state index is 13.7. The second-order valence-electron chi connectivity index (χ2n) is 12.2. The third-order valence-corrected chi connectivity index (χ3v) is 8.32. The summed E-state index contributed by atoms with van der Waals surface area (Å²) in [4.78, 5) is 56.8. The third-order valence-electron chi connectivity index (χ3n) is 8.32. The van der Waals surface area contributed by atoms with Crippen molar-refractivity contribution in [3.05, 3.63) is 35.4 Å². The zero-order chi connectivity index (χ0) is 28.2. The number of piperidine rings is 1. The summed E-state index contributed by atoms with van der Waals surface area (Å²) in [5.74, 6) is -0.485. The molecule has 2 bridgehead atoms. The lowest BCUT2D eigenvalue weighted by Gasteiger charge is -2.39. The van der Waals surface area contributed by atoms with Gasteiger partial charge in [0.1, 0.15) is 17.7 Å². The molecule has 0 spiro atoms. The van der Waals surface area contributed by atoms with E-state index in [1.165, 1.54) is 0 Å². The number of benzene rings is 1. The zero-order valence-electron chi connectivity index (χ0n) is 22.8. The van der Waals surface area contributed by atoms with Gasteiger partial charge in [-0.25, -0.2) is 4.79 Å². The molecule has 3 heterocycles. The highest BCUT2D eigenvalue weighted by atomic mass is 16.6. The van der Waals surface area contributed by atoms with E-state index in [-0.39, 0.29) is 36.5 Å². The molecule has 4 aliphatic rings. The van der Waals surface area contributed by atoms with Gasteiger partial charge in [0.05, 0.1) is 18.2 Å². The molecule has 3 saturated heterocycles. The second kappa shape index (κ2) is 9.83. The molecule has 1 aliphatic carbocycles. The van der Waals surface area contributed by atoms with Crippen LogP contribution < -0.4 is 11.1 Å². The third kappa shape index (κ3) is 5.17. The lowest BCUT2D eigenvalue weighted by atomic mass is 10.0. The van der Waals surface area contributed by atoms with Crippen LogP contribution in [0.1, 0.15) is 68.9 Å². The van der Waals surface area contributed by atoms with Crippen molar-refractivity contribution >= 4 is 23.8 Å². The lowest BCUT2D eigenvalue weighted by molar-refractivity contribution is -0.141. The number of hydrogen-bond acceptors (Lipinski definition) is 7. The number of primary amides is 1. The Labute approximate surface area is 228 Å². The fourth-order valence-electron chi connectivity index (χ4n) is 6.42. The van der Waals surface area contributed by atoms with Gasteiger partial charge < -0.3 is 25.6 Å². The second-order valence-corrected chi connectivity index (χ2v) is 12.2. The van der Waals surface area contributed by atoms with Crippen molar-refractivity contribution in [3.8, 4) is 6.07 Å². The Morgan fingerprint density at radius 2 is 1.87 bits per heavy atom. The van der Waals surface area contributed by atoms with Gasteiger partial charge in [-0.3, -0.25) is 19.3 Å². The maximum absolute atomic E-state index is 13.7. The minimum atomic E-state index is -0.936. The highest BCUT2D eigenvalue weighted by Crippen LogP contribution is 2.48. The molecule has 0 radical (unpaired) electrons. The van der Waals surface area contributed by atoms with Crippen LogP contribution in [0.3, 0.4) is 0 Å². The van der Waals surface area contributed by atoms with Crippen LogP contribution in [0.2, 0.25) is 0 Å². The molecule has 3 N–H and O–H groups in total. The smallest absolute Gasteiger partial charge is 0.408 e. The predicted molar refractivity (Wildman–Crippen MR) is 140 cm³/mol. The fraction of sp³-hybridized carbons (Fsp3) is 0.607. The molecule has 3 aliphatic heterocycles. The number of carbonyl (C=O) groups excluding carboxylic acids is 4. The van der Waals surface area contributed by atoms with E-state index in [1.54, 1.807) is 37.8 Å². The lowest BCUT2D eigenvalue weighted by Crippen LogP contribution is -2.59. The molecule has 11 nitrogen and oxygen atoms in total. The predicted octanol–water partition coefficient (Wildman–Crippen LogP) is 1.54. The van der Waals surface area contributed by atoms with Crippen LogP contribution in [-0.4, -0.2) is 87.4 Å². The summed E-state index contributed by atoms with van der Waals surface area (Å²) in [6.45, 7) is 7.93. The fourth-order valence-corrected chi connectivity index (χ4v) is 6.42. The number of nitriles is 1. The SMILES string of the molecule is C[C@H](c1ccc(C(N)=O)cc1)N1C(=O)[C@H]2C[C@@H]1CN2C[C@H](NC(=O)OC(C)(C)C)C(=O)N1[C@H](C#N)C[C@@H]2C[C@@H]21. The Bertz CT molecular complexity index is 1220. The number of ether oxygens (including phenoxy) is 1. The molecule has 4 fully saturated rings. The van der Waals surface area contributed by atoms with Gasteiger partial charge in [0.15, 0.2) is 0 Å². The molecular weight excluding hydrogens is 500 g/mol. The van der Waals surface area contributed by atoms with E-state index in [0.717, 1.165) is 12.0 Å². The number of nitrogens with one attached hydrogen (secondary N) is 1. The van der Waals surface area contributed by atoms with Gasteiger partial charge in [-0.15, -0.1) is 0 Å². The number of amides is 4. The molecule has 4 amide bonds. The Morgan fingerprint density at radius 1 is 1.18 bits per heavy atom. The Hall–Kier alpha value is -3.65. The monoisotopic (exact) mass is 536 g/mol. The van der Waals surface area contributed by atoms with Gasteiger partial charge >= 0.3 is 6.09 Å². The number of alkyl carbamates (subject to hydrolysis) is 1. The van der Waals surface area contributed by atoms with Gasteiger partial charge in [0.25, 0.3) is 0 Å².